The van der Waals surface area contributed by atoms with E-state index in [2.05, 4.69) is 10.6 Å². The molecule has 8 nitrogen and oxygen atoms in total. The largest absolute Gasteiger partial charge is 0.346 e. The smallest absolute Gasteiger partial charge is 0.279 e. The molecule has 0 saturated carbocycles. The van der Waals surface area contributed by atoms with Gasteiger partial charge >= 0.3 is 0 Å². The summed E-state index contributed by atoms with van der Waals surface area (Å²) in [5, 5.41) is 12.5. The average Bonchev–Trinajstić information content (AvgIpc) is 3.12. The van der Waals surface area contributed by atoms with E-state index in [1.807, 2.05) is 24.4 Å². The lowest BCUT2D eigenvalue weighted by Gasteiger charge is -2.17. The Morgan fingerprint density at radius 2 is 1.89 bits per heavy atom. The van der Waals surface area contributed by atoms with Gasteiger partial charge in [0, 0.05) is 10.6 Å². The molecule has 0 spiro atoms. The van der Waals surface area contributed by atoms with Crippen LogP contribution in [0.4, 0.5) is 5.69 Å². The molecule has 27 heavy (non-hydrogen) atoms. The first-order valence-electron chi connectivity index (χ1n) is 8.33. The summed E-state index contributed by atoms with van der Waals surface area (Å²) in [5.41, 5.74) is 0.337. The highest BCUT2D eigenvalue weighted by Gasteiger charge is 2.17. The van der Waals surface area contributed by atoms with E-state index in [0.29, 0.717) is 18.8 Å². The van der Waals surface area contributed by atoms with Gasteiger partial charge in [0.1, 0.15) is 0 Å². The van der Waals surface area contributed by atoms with Gasteiger partial charge in [-0.3, -0.25) is 9.59 Å². The van der Waals surface area contributed by atoms with Crippen LogP contribution in [0.15, 0.2) is 46.7 Å². The van der Waals surface area contributed by atoms with E-state index in [9.17, 15) is 18.0 Å². The van der Waals surface area contributed by atoms with E-state index in [4.69, 9.17) is 5.14 Å². The maximum Gasteiger partial charge on any atom is 0.279 e. The molecule has 0 radical (unpaired) electrons. The van der Waals surface area contributed by atoms with Gasteiger partial charge in [0.25, 0.3) is 11.8 Å². The second-order valence-electron chi connectivity index (χ2n) is 5.93. The Balaban J connectivity index is 1.86. The van der Waals surface area contributed by atoms with Crippen LogP contribution in [-0.4, -0.2) is 39.9 Å². The van der Waals surface area contributed by atoms with Crippen LogP contribution in [0.3, 0.4) is 0 Å². The van der Waals surface area contributed by atoms with E-state index >= 15 is 0 Å². The van der Waals surface area contributed by atoms with Crippen molar-refractivity contribution in [2.75, 3.05) is 25.0 Å². The van der Waals surface area contributed by atoms with Crippen LogP contribution < -0.4 is 20.7 Å². The molecule has 0 aliphatic heterocycles. The van der Waals surface area contributed by atoms with Crippen LogP contribution in [0.1, 0.15) is 11.8 Å². The highest BCUT2D eigenvalue weighted by Crippen LogP contribution is 2.13. The third-order valence-corrected chi connectivity index (χ3v) is 5.59. The van der Waals surface area contributed by atoms with Crippen LogP contribution in [0.5, 0.6) is 0 Å². The number of anilines is 1. The molecule has 1 aromatic heterocycles. The zero-order valence-electron chi connectivity index (χ0n) is 14.9. The number of likely N-dealkylation sites (N-methyl/N-ethyl adjacent to an activating group) is 1. The molecule has 146 valence electrons. The Morgan fingerprint density at radius 1 is 1.15 bits per heavy atom. The van der Waals surface area contributed by atoms with Gasteiger partial charge in [0.15, 0.2) is 13.1 Å². The summed E-state index contributed by atoms with van der Waals surface area (Å²) in [5.74, 6) is -0.450. The minimum atomic E-state index is -3.84. The van der Waals surface area contributed by atoms with E-state index in [1.54, 1.807) is 17.4 Å². The first kappa shape index (κ1) is 21.0. The molecule has 0 bridgehead atoms. The summed E-state index contributed by atoms with van der Waals surface area (Å²) in [6, 6.07) is 9.59. The summed E-state index contributed by atoms with van der Waals surface area (Å²) in [4.78, 5) is 26.1. The van der Waals surface area contributed by atoms with Gasteiger partial charge in [-0.05, 0) is 36.6 Å². The SMILES string of the molecule is CC[NH+](CC(=O)NCc1cccs1)CC(=O)Nc1cccc(S(N)(=O)=O)c1. The standard InChI is InChI=1S/C17H22N4O4S2/c1-2-21(11-16(22)19-10-14-6-4-8-26-14)12-17(23)20-13-5-3-7-15(9-13)27(18,24)25/h3-9H,2,10-12H2,1H3,(H,19,22)(H,20,23)(H2,18,24,25)/p+1. The van der Waals surface area contributed by atoms with Crippen LogP contribution in [0.25, 0.3) is 0 Å². The van der Waals surface area contributed by atoms with E-state index in [-0.39, 0.29) is 29.8 Å². The van der Waals surface area contributed by atoms with Gasteiger partial charge in [-0.2, -0.15) is 0 Å². The van der Waals surface area contributed by atoms with Gasteiger partial charge in [-0.25, -0.2) is 13.6 Å². The topological polar surface area (TPSA) is 123 Å². The number of primary sulfonamides is 1. The zero-order chi connectivity index (χ0) is 19.9. The molecule has 5 N–H and O–H groups in total. The predicted molar refractivity (Wildman–Crippen MR) is 104 cm³/mol. The van der Waals surface area contributed by atoms with Gasteiger partial charge in [0.2, 0.25) is 10.0 Å². The number of benzene rings is 1. The van der Waals surface area contributed by atoms with Crippen molar-refractivity contribution in [3.63, 3.8) is 0 Å². The number of nitrogens with one attached hydrogen (secondary N) is 3. The summed E-state index contributed by atoms with van der Waals surface area (Å²) < 4.78 is 22.8. The van der Waals surface area contributed by atoms with Crippen molar-refractivity contribution < 1.29 is 22.9 Å². The minimum Gasteiger partial charge on any atom is -0.346 e. The lowest BCUT2D eigenvalue weighted by molar-refractivity contribution is -0.881. The predicted octanol–water partition coefficient (Wildman–Crippen LogP) is -0.445. The summed E-state index contributed by atoms with van der Waals surface area (Å²) in [6.07, 6.45) is 0. The van der Waals surface area contributed by atoms with Crippen LogP contribution >= 0.6 is 11.3 Å². The second-order valence-corrected chi connectivity index (χ2v) is 8.53. The van der Waals surface area contributed by atoms with Gasteiger partial charge in [-0.15, -0.1) is 11.3 Å². The van der Waals surface area contributed by atoms with Crippen molar-refractivity contribution in [3.05, 3.63) is 46.7 Å². The number of thiophene rings is 1. The molecule has 1 heterocycles. The van der Waals surface area contributed by atoms with Gasteiger partial charge in [-0.1, -0.05) is 12.1 Å². The van der Waals surface area contributed by atoms with E-state index in [0.717, 1.165) is 9.78 Å². The van der Waals surface area contributed by atoms with Crippen molar-refractivity contribution in [3.8, 4) is 0 Å². The number of carbonyl (C=O) groups excluding carboxylic acids is 2. The van der Waals surface area contributed by atoms with Crippen LogP contribution in [0, 0.1) is 0 Å². The van der Waals surface area contributed by atoms with Crippen molar-refractivity contribution in [2.24, 2.45) is 5.14 Å². The Morgan fingerprint density at radius 3 is 2.52 bits per heavy atom. The van der Waals surface area contributed by atoms with Gasteiger partial charge < -0.3 is 15.5 Å². The fourth-order valence-corrected chi connectivity index (χ4v) is 3.59. The van der Waals surface area contributed by atoms with E-state index in [1.165, 1.54) is 18.2 Å². The third kappa shape index (κ3) is 7.10. The molecule has 2 rings (SSSR count). The second kappa shape index (κ2) is 9.60. The summed E-state index contributed by atoms with van der Waals surface area (Å²) in [6.45, 7) is 3.21. The third-order valence-electron chi connectivity index (χ3n) is 3.81. The molecule has 2 aromatic rings. The Hall–Kier alpha value is -2.27. The highest BCUT2D eigenvalue weighted by atomic mass is 32.2. The zero-order valence-corrected chi connectivity index (χ0v) is 16.5. The number of rotatable bonds is 9. The molecular weight excluding hydrogens is 388 g/mol. The first-order chi connectivity index (χ1) is 12.8. The molecule has 10 heteroatoms. The first-order valence-corrected chi connectivity index (χ1v) is 10.8. The minimum absolute atomic E-state index is 0.0760. The van der Waals surface area contributed by atoms with Crippen molar-refractivity contribution in [1.82, 2.24) is 5.32 Å². The molecule has 1 aromatic carbocycles. The Labute approximate surface area is 162 Å². The number of nitrogens with two attached hydrogens (primary N) is 1. The van der Waals surface area contributed by atoms with Crippen LogP contribution in [-0.2, 0) is 26.2 Å². The quantitative estimate of drug-likeness (QED) is 0.446. The number of amides is 2. The molecule has 1 unspecified atom stereocenters. The highest BCUT2D eigenvalue weighted by molar-refractivity contribution is 7.89. The number of hydrogen-bond acceptors (Lipinski definition) is 5. The molecule has 1 atom stereocenters. The molecular formula is C17H23N4O4S2+. The van der Waals surface area contributed by atoms with Crippen molar-refractivity contribution in [1.29, 1.82) is 0 Å². The Bertz CT molecular complexity index is 882. The monoisotopic (exact) mass is 411 g/mol. The molecule has 0 saturated heterocycles. The lowest BCUT2D eigenvalue weighted by Crippen LogP contribution is -3.13. The molecule has 0 aliphatic rings. The maximum absolute atomic E-state index is 12.2. The molecule has 0 aliphatic carbocycles. The number of sulfonamides is 1. The van der Waals surface area contributed by atoms with Crippen LogP contribution in [0.2, 0.25) is 0 Å². The average molecular weight is 412 g/mol. The molecule has 2 amide bonds. The summed E-state index contributed by atoms with van der Waals surface area (Å²) in [7, 11) is -3.84. The number of quaternary nitrogens is 1. The normalized spacial score (nSPS) is 12.4. The number of hydrogen-bond donors (Lipinski definition) is 4. The maximum atomic E-state index is 12.2. The fraction of sp³-hybridized carbons (Fsp3) is 0.294. The lowest BCUT2D eigenvalue weighted by atomic mass is 10.3. The van der Waals surface area contributed by atoms with E-state index < -0.39 is 10.0 Å². The summed E-state index contributed by atoms with van der Waals surface area (Å²) >= 11 is 1.57. The van der Waals surface area contributed by atoms with Crippen molar-refractivity contribution in [2.45, 2.75) is 18.4 Å². The molecule has 0 fully saturated rings. The van der Waals surface area contributed by atoms with Gasteiger partial charge in [0.05, 0.1) is 18.0 Å². The Kier molecular flexibility index (Phi) is 7.48. The van der Waals surface area contributed by atoms with Crippen molar-refractivity contribution >= 4 is 38.9 Å². The fourth-order valence-electron chi connectivity index (χ4n) is 2.38. The number of carbonyl (C=O) groups is 2.